The highest BCUT2D eigenvalue weighted by Crippen LogP contribution is 2.32. The number of aromatic carboxylic acids is 1. The lowest BCUT2D eigenvalue weighted by Crippen LogP contribution is -2.23. The van der Waals surface area contributed by atoms with Gasteiger partial charge in [0.15, 0.2) is 5.43 Å². The minimum absolute atomic E-state index is 0.0679. The number of unbranched alkanes of at least 4 members (excludes halogenated alkanes) is 11. The van der Waals surface area contributed by atoms with Crippen LogP contribution in [0.4, 0.5) is 13.2 Å². The van der Waals surface area contributed by atoms with Crippen LogP contribution in [-0.4, -0.2) is 33.7 Å². The highest BCUT2D eigenvalue weighted by Gasteiger charge is 2.30. The number of carboxylic acids is 1. The number of carboxylic acid groups (broad SMARTS) is 1. The van der Waals surface area contributed by atoms with Crippen LogP contribution in [0.5, 0.6) is 0 Å². The van der Waals surface area contributed by atoms with E-state index in [-0.39, 0.29) is 11.0 Å². The largest absolute Gasteiger partial charge is 0.475 e. The molecule has 0 fully saturated rings. The van der Waals surface area contributed by atoms with E-state index in [0.29, 0.717) is 4.90 Å². The summed E-state index contributed by atoms with van der Waals surface area (Å²) in [5, 5.41) is 19.3. The van der Waals surface area contributed by atoms with E-state index in [0.717, 1.165) is 43.5 Å². The minimum atomic E-state index is -4.37. The normalized spacial score (nSPS) is 13.8. The lowest BCUT2D eigenvalue weighted by molar-refractivity contribution is -0.139. The summed E-state index contributed by atoms with van der Waals surface area (Å²) in [5.41, 5.74) is -0.433. The molecule has 0 spiro atoms. The SMILES string of the molecule is CCCCCCCCCCCCCC=C[C@H](Sc1ccc2c(=O)cc(C(=O)O)oc2c1)[C@H](O)CCC(F)(F)F. The summed E-state index contributed by atoms with van der Waals surface area (Å²) >= 11 is 1.15. The van der Waals surface area contributed by atoms with Gasteiger partial charge in [-0.05, 0) is 37.5 Å². The molecule has 2 rings (SSSR count). The highest BCUT2D eigenvalue weighted by atomic mass is 32.2. The van der Waals surface area contributed by atoms with Crippen molar-refractivity contribution in [3.05, 3.63) is 52.4 Å². The second kappa shape index (κ2) is 17.4. The maximum atomic E-state index is 12.8. The van der Waals surface area contributed by atoms with Gasteiger partial charge in [0.2, 0.25) is 5.76 Å². The highest BCUT2D eigenvalue weighted by molar-refractivity contribution is 8.00. The van der Waals surface area contributed by atoms with Gasteiger partial charge in [-0.2, -0.15) is 13.2 Å². The second-order valence-corrected chi connectivity index (χ2v) is 11.2. The number of aliphatic hydroxyl groups excluding tert-OH is 1. The van der Waals surface area contributed by atoms with Crippen LogP contribution < -0.4 is 5.43 Å². The Bertz CT molecular complexity index is 1100. The van der Waals surface area contributed by atoms with Gasteiger partial charge < -0.3 is 14.6 Å². The van der Waals surface area contributed by atoms with Crippen LogP contribution in [0, 0.1) is 0 Å². The van der Waals surface area contributed by atoms with Gasteiger partial charge in [-0.25, -0.2) is 4.79 Å². The maximum Gasteiger partial charge on any atom is 0.389 e. The Labute approximate surface area is 232 Å². The molecule has 5 nitrogen and oxygen atoms in total. The molecule has 0 bridgehead atoms. The van der Waals surface area contributed by atoms with Crippen LogP contribution >= 0.6 is 11.8 Å². The Kier molecular flexibility index (Phi) is 14.7. The number of hydrogen-bond donors (Lipinski definition) is 2. The summed E-state index contributed by atoms with van der Waals surface area (Å²) in [4.78, 5) is 24.0. The molecule has 0 amide bonds. The van der Waals surface area contributed by atoms with Crippen LogP contribution in [0.15, 0.2) is 50.5 Å². The van der Waals surface area contributed by atoms with E-state index in [1.54, 1.807) is 12.1 Å². The van der Waals surface area contributed by atoms with E-state index in [9.17, 15) is 27.9 Å². The molecule has 0 saturated carbocycles. The molecule has 2 atom stereocenters. The van der Waals surface area contributed by atoms with Crippen molar-refractivity contribution < 1.29 is 32.6 Å². The predicted molar refractivity (Wildman–Crippen MR) is 151 cm³/mol. The Morgan fingerprint density at radius 1 is 1.00 bits per heavy atom. The lowest BCUT2D eigenvalue weighted by atomic mass is 10.0. The van der Waals surface area contributed by atoms with Crippen molar-refractivity contribution in [2.24, 2.45) is 0 Å². The van der Waals surface area contributed by atoms with Crippen molar-refractivity contribution in [2.75, 3.05) is 0 Å². The van der Waals surface area contributed by atoms with Crippen LogP contribution in [0.3, 0.4) is 0 Å². The van der Waals surface area contributed by atoms with Gasteiger partial charge in [-0.3, -0.25) is 4.79 Å². The fraction of sp³-hybridized carbons (Fsp3) is 0.600. The lowest BCUT2D eigenvalue weighted by Gasteiger charge is -2.20. The average Bonchev–Trinajstić information content (AvgIpc) is 2.88. The van der Waals surface area contributed by atoms with E-state index in [1.165, 1.54) is 63.5 Å². The number of thioether (sulfide) groups is 1. The Morgan fingerprint density at radius 2 is 1.62 bits per heavy atom. The van der Waals surface area contributed by atoms with E-state index in [1.807, 2.05) is 6.08 Å². The number of halogens is 3. The summed E-state index contributed by atoms with van der Waals surface area (Å²) in [6.07, 6.45) is 10.8. The molecule has 1 aromatic carbocycles. The Balaban J connectivity index is 1.93. The first-order valence-electron chi connectivity index (χ1n) is 14.0. The minimum Gasteiger partial charge on any atom is -0.475 e. The predicted octanol–water partition coefficient (Wildman–Crippen LogP) is 8.91. The summed E-state index contributed by atoms with van der Waals surface area (Å²) in [5.74, 6) is -1.87. The van der Waals surface area contributed by atoms with Crippen molar-refractivity contribution in [2.45, 2.75) is 119 Å². The van der Waals surface area contributed by atoms with E-state index in [4.69, 9.17) is 9.52 Å². The van der Waals surface area contributed by atoms with Gasteiger partial charge in [0.25, 0.3) is 0 Å². The summed E-state index contributed by atoms with van der Waals surface area (Å²) in [6.45, 7) is 2.22. The third-order valence-corrected chi connectivity index (χ3v) is 7.86. The molecule has 2 N–H and O–H groups in total. The monoisotopic (exact) mass is 570 g/mol. The standard InChI is InChI=1S/C30H41F3O5S/c1-2-3-4-5-6-7-8-9-10-11-12-13-14-15-28(24(34)18-19-30(31,32)33)39-22-16-17-23-25(35)21-27(29(36)37)38-26(23)20-22/h14-17,20-21,24,28,34H,2-13,18-19H2,1H3,(H,36,37)/t24-,28+/m1/s1. The maximum absolute atomic E-state index is 12.8. The molecule has 9 heteroatoms. The first kappa shape index (κ1) is 32.9. The second-order valence-electron chi connectivity index (χ2n) is 9.99. The molecular formula is C30H41F3O5S. The zero-order valence-electron chi connectivity index (χ0n) is 22.7. The molecular weight excluding hydrogens is 529 g/mol. The van der Waals surface area contributed by atoms with Gasteiger partial charge in [-0.1, -0.05) is 83.3 Å². The molecule has 218 valence electrons. The van der Waals surface area contributed by atoms with Crippen LogP contribution in [0.25, 0.3) is 11.0 Å². The Hall–Kier alpha value is -2.26. The number of alkyl halides is 3. The third kappa shape index (κ3) is 13.1. The third-order valence-electron chi connectivity index (χ3n) is 6.59. The number of aliphatic hydroxyl groups is 1. The molecule has 2 aromatic rings. The van der Waals surface area contributed by atoms with Crippen molar-refractivity contribution >= 4 is 28.7 Å². The van der Waals surface area contributed by atoms with Crippen LogP contribution in [0.2, 0.25) is 0 Å². The van der Waals surface area contributed by atoms with Crippen LogP contribution in [0.1, 0.15) is 107 Å². The fourth-order valence-electron chi connectivity index (χ4n) is 4.35. The zero-order valence-corrected chi connectivity index (χ0v) is 23.5. The van der Waals surface area contributed by atoms with Crippen molar-refractivity contribution in [3.8, 4) is 0 Å². The molecule has 0 radical (unpaired) electrons. The van der Waals surface area contributed by atoms with E-state index >= 15 is 0 Å². The molecule has 0 saturated heterocycles. The van der Waals surface area contributed by atoms with Gasteiger partial charge in [0, 0.05) is 17.4 Å². The topological polar surface area (TPSA) is 87.7 Å². The van der Waals surface area contributed by atoms with Gasteiger partial charge in [0.1, 0.15) is 5.58 Å². The van der Waals surface area contributed by atoms with Crippen molar-refractivity contribution in [1.82, 2.24) is 0 Å². The molecule has 39 heavy (non-hydrogen) atoms. The number of hydrogen-bond acceptors (Lipinski definition) is 5. The molecule has 0 aliphatic heterocycles. The quantitative estimate of drug-likeness (QED) is 0.0996. The summed E-state index contributed by atoms with van der Waals surface area (Å²) in [6, 6.07) is 5.49. The van der Waals surface area contributed by atoms with E-state index < -0.39 is 47.5 Å². The van der Waals surface area contributed by atoms with Crippen molar-refractivity contribution in [1.29, 1.82) is 0 Å². The van der Waals surface area contributed by atoms with Gasteiger partial charge >= 0.3 is 12.1 Å². The van der Waals surface area contributed by atoms with E-state index in [2.05, 4.69) is 6.92 Å². The van der Waals surface area contributed by atoms with Gasteiger partial charge in [0.05, 0.1) is 16.7 Å². The smallest absolute Gasteiger partial charge is 0.389 e. The zero-order chi connectivity index (χ0) is 28.7. The first-order chi connectivity index (χ1) is 18.6. The molecule has 0 unspecified atom stereocenters. The molecule has 1 heterocycles. The average molecular weight is 571 g/mol. The van der Waals surface area contributed by atoms with Gasteiger partial charge in [-0.15, -0.1) is 11.8 Å². The van der Waals surface area contributed by atoms with Crippen LogP contribution in [-0.2, 0) is 0 Å². The first-order valence-corrected chi connectivity index (χ1v) is 14.9. The Morgan fingerprint density at radius 3 is 2.21 bits per heavy atom. The number of rotatable bonds is 19. The van der Waals surface area contributed by atoms with Crippen molar-refractivity contribution in [3.63, 3.8) is 0 Å². The summed E-state index contributed by atoms with van der Waals surface area (Å²) in [7, 11) is 0. The molecule has 0 aliphatic carbocycles. The number of benzene rings is 1. The number of allylic oxidation sites excluding steroid dienone is 1. The molecule has 0 aliphatic rings. The fourth-order valence-corrected chi connectivity index (χ4v) is 5.47. The number of carbonyl (C=O) groups is 1. The summed E-state index contributed by atoms with van der Waals surface area (Å²) < 4.78 is 43.6. The molecule has 1 aromatic heterocycles. The number of fused-ring (bicyclic) bond motifs is 1.